The Morgan fingerprint density at radius 2 is 2.06 bits per heavy atom. The van der Waals surface area contributed by atoms with Crippen molar-refractivity contribution in [3.8, 4) is 0 Å². The molecule has 0 radical (unpaired) electrons. The Bertz CT molecular complexity index is 580. The smallest absolute Gasteiger partial charge is 0.358 e. The molecule has 0 fully saturated rings. The molecule has 0 aliphatic carbocycles. The fraction of sp³-hybridized carbons (Fsp3) is 0.167. The average Bonchev–Trinajstić information content (AvgIpc) is 2.13. The number of nitrogens with zero attached hydrogens (tertiary/aromatic N) is 2. The first-order valence-corrected chi connectivity index (χ1v) is 7.11. The Balaban J connectivity index is 3.67. The van der Waals surface area contributed by atoms with Gasteiger partial charge >= 0.3 is 5.82 Å². The van der Waals surface area contributed by atoms with E-state index in [0.717, 1.165) is 0 Å². The quantitative estimate of drug-likeness (QED) is 0.256. The lowest BCUT2D eigenvalue weighted by Crippen LogP contribution is -2.06. The molecule has 0 saturated carbocycles. The summed E-state index contributed by atoms with van der Waals surface area (Å²) in [7, 11) is 0.517. The highest BCUT2D eigenvalue weighted by atomic mass is 127. The van der Waals surface area contributed by atoms with Crippen LogP contribution < -0.4 is 0 Å². The summed E-state index contributed by atoms with van der Waals surface area (Å²) in [5.41, 5.74) is -1.04. The number of hydrogen-bond acceptors (Lipinski definition) is 5. The van der Waals surface area contributed by atoms with Crippen LogP contribution in [0, 0.1) is 13.8 Å². The molecule has 0 saturated heterocycles. The van der Waals surface area contributed by atoms with Gasteiger partial charge in [-0.25, -0.2) is 17.2 Å². The second-order valence-electron chi connectivity index (χ2n) is 2.69. The molecule has 0 aromatic carbocycles. The van der Waals surface area contributed by atoms with Gasteiger partial charge < -0.3 is 10.1 Å². The second kappa shape index (κ2) is 4.94. The van der Waals surface area contributed by atoms with Crippen LogP contribution in [0.4, 0.5) is 14.6 Å². The van der Waals surface area contributed by atoms with E-state index in [2.05, 4.69) is 4.98 Å². The highest BCUT2D eigenvalue weighted by molar-refractivity contribution is 14.1. The zero-order valence-corrected chi connectivity index (χ0v) is 11.3. The summed E-state index contributed by atoms with van der Waals surface area (Å²) >= 11 is 1.29. The molecule has 0 bridgehead atoms. The van der Waals surface area contributed by atoms with E-state index < -0.39 is 40.4 Å². The van der Waals surface area contributed by atoms with Crippen molar-refractivity contribution in [2.24, 2.45) is 0 Å². The first-order valence-electron chi connectivity index (χ1n) is 3.72. The van der Waals surface area contributed by atoms with E-state index in [1.54, 1.807) is 0 Å². The van der Waals surface area contributed by atoms with E-state index in [1.165, 1.54) is 22.6 Å². The fourth-order valence-electron chi connectivity index (χ4n) is 1.00. The van der Waals surface area contributed by atoms with E-state index in [0.29, 0.717) is 6.07 Å². The molecule has 17 heavy (non-hydrogen) atoms. The van der Waals surface area contributed by atoms with Gasteiger partial charge in [0.05, 0.1) is 5.56 Å². The maximum atomic E-state index is 12.6. The number of hydrogen-bond donors (Lipinski definition) is 0. The van der Waals surface area contributed by atoms with Crippen LogP contribution in [-0.2, 0) is 9.05 Å². The van der Waals surface area contributed by atoms with Crippen molar-refractivity contribution >= 4 is 48.1 Å². The van der Waals surface area contributed by atoms with Gasteiger partial charge in [-0.3, -0.25) is 0 Å². The van der Waals surface area contributed by atoms with Gasteiger partial charge in [0.2, 0.25) is 3.70 Å². The first kappa shape index (κ1) is 14.4. The molecule has 1 aromatic heterocycles. The standard InChI is InChI=1S/C6H2ClF2IN2O4S/c7-17(15,16)4-2(5(8)9)1-3(12(13)14)11-6(4)10/h1,5H. The molecular formula is C6H2ClF2IN2O4S. The highest BCUT2D eigenvalue weighted by Crippen LogP contribution is 2.33. The number of pyridine rings is 1. The number of alkyl halides is 2. The minimum atomic E-state index is -4.45. The molecule has 0 N–H and O–H groups in total. The summed E-state index contributed by atoms with van der Waals surface area (Å²) in [5.74, 6) is -0.867. The van der Waals surface area contributed by atoms with Gasteiger partial charge in [-0.1, -0.05) is 0 Å². The minimum Gasteiger partial charge on any atom is -0.358 e. The van der Waals surface area contributed by atoms with Crippen molar-refractivity contribution in [2.75, 3.05) is 0 Å². The maximum absolute atomic E-state index is 12.6. The van der Waals surface area contributed by atoms with Crippen LogP contribution in [0.25, 0.3) is 0 Å². The third-order valence-electron chi connectivity index (χ3n) is 1.61. The molecular weight excluding hydrogens is 396 g/mol. The average molecular weight is 399 g/mol. The molecule has 0 amide bonds. The number of nitro groups is 1. The molecule has 1 rings (SSSR count). The second-order valence-corrected chi connectivity index (χ2v) is 6.21. The summed E-state index contributed by atoms with van der Waals surface area (Å²) in [6.45, 7) is 0. The molecule has 0 atom stereocenters. The third kappa shape index (κ3) is 3.19. The number of rotatable bonds is 3. The molecule has 0 aliphatic rings. The maximum Gasteiger partial charge on any atom is 0.365 e. The van der Waals surface area contributed by atoms with Crippen LogP contribution in [0.1, 0.15) is 12.0 Å². The summed E-state index contributed by atoms with van der Waals surface area (Å²) in [4.78, 5) is 11.8. The van der Waals surface area contributed by atoms with Gasteiger partial charge in [-0.2, -0.15) is 0 Å². The van der Waals surface area contributed by atoms with Gasteiger partial charge in [-0.15, -0.1) is 0 Å². The SMILES string of the molecule is O=[N+]([O-])c1cc(C(F)F)c(S(=O)(=O)Cl)c(I)n1. The summed E-state index contributed by atoms with van der Waals surface area (Å²) < 4.78 is 46.9. The molecule has 1 aromatic rings. The van der Waals surface area contributed by atoms with Gasteiger partial charge in [0.15, 0.2) is 0 Å². The Morgan fingerprint density at radius 3 is 2.41 bits per heavy atom. The largest absolute Gasteiger partial charge is 0.365 e. The third-order valence-corrected chi connectivity index (χ3v) is 4.14. The Labute approximate surface area is 112 Å². The highest BCUT2D eigenvalue weighted by Gasteiger charge is 2.31. The number of aromatic nitrogens is 1. The minimum absolute atomic E-state index is 0.391. The monoisotopic (exact) mass is 398 g/mol. The predicted octanol–water partition coefficient (Wildman–Crippen LogP) is 2.46. The first-order chi connectivity index (χ1) is 7.64. The van der Waals surface area contributed by atoms with Crippen LogP contribution in [0.3, 0.4) is 0 Å². The van der Waals surface area contributed by atoms with Crippen molar-refractivity contribution in [3.05, 3.63) is 25.4 Å². The predicted molar refractivity (Wildman–Crippen MR) is 61.6 cm³/mol. The Kier molecular flexibility index (Phi) is 4.19. The van der Waals surface area contributed by atoms with Gasteiger partial charge in [-0.05, 0) is 9.91 Å². The van der Waals surface area contributed by atoms with E-state index in [9.17, 15) is 27.3 Å². The molecule has 0 spiro atoms. The molecule has 0 aliphatic heterocycles. The van der Waals surface area contributed by atoms with E-state index in [1.807, 2.05) is 0 Å². The summed E-state index contributed by atoms with van der Waals surface area (Å²) in [5, 5.41) is 10.4. The van der Waals surface area contributed by atoms with Gasteiger partial charge in [0.1, 0.15) is 4.90 Å². The van der Waals surface area contributed by atoms with Crippen LogP contribution in [0.2, 0.25) is 0 Å². The fourth-order valence-corrected chi connectivity index (χ4v) is 3.99. The zero-order chi connectivity index (χ0) is 13.4. The lowest BCUT2D eigenvalue weighted by atomic mass is 10.3. The lowest BCUT2D eigenvalue weighted by Gasteiger charge is -2.05. The van der Waals surface area contributed by atoms with Gasteiger partial charge in [0.25, 0.3) is 15.5 Å². The van der Waals surface area contributed by atoms with Crippen LogP contribution in [0.5, 0.6) is 0 Å². The van der Waals surface area contributed by atoms with Crippen molar-refractivity contribution in [1.29, 1.82) is 0 Å². The van der Waals surface area contributed by atoms with E-state index in [-0.39, 0.29) is 0 Å². The molecule has 1 heterocycles. The summed E-state index contributed by atoms with van der Waals surface area (Å²) in [6, 6.07) is 0.391. The summed E-state index contributed by atoms with van der Waals surface area (Å²) in [6.07, 6.45) is -3.21. The zero-order valence-electron chi connectivity index (χ0n) is 7.60. The lowest BCUT2D eigenvalue weighted by molar-refractivity contribution is -0.389. The van der Waals surface area contributed by atoms with Gasteiger partial charge in [0, 0.05) is 39.3 Å². The van der Waals surface area contributed by atoms with Crippen LogP contribution >= 0.6 is 33.3 Å². The van der Waals surface area contributed by atoms with Crippen LogP contribution in [-0.4, -0.2) is 18.3 Å². The van der Waals surface area contributed by atoms with E-state index >= 15 is 0 Å². The van der Waals surface area contributed by atoms with Crippen LogP contribution in [0.15, 0.2) is 11.0 Å². The number of halogens is 4. The van der Waals surface area contributed by atoms with Crippen molar-refractivity contribution in [1.82, 2.24) is 4.98 Å². The Morgan fingerprint density at radius 1 is 1.53 bits per heavy atom. The molecule has 0 unspecified atom stereocenters. The van der Waals surface area contributed by atoms with Crippen molar-refractivity contribution in [3.63, 3.8) is 0 Å². The van der Waals surface area contributed by atoms with Crippen molar-refractivity contribution in [2.45, 2.75) is 11.3 Å². The van der Waals surface area contributed by atoms with E-state index in [4.69, 9.17) is 10.7 Å². The van der Waals surface area contributed by atoms with Crippen molar-refractivity contribution < 1.29 is 22.1 Å². The molecule has 6 nitrogen and oxygen atoms in total. The molecule has 94 valence electrons. The normalized spacial score (nSPS) is 11.8. The molecule has 11 heteroatoms. The topological polar surface area (TPSA) is 90.2 Å². The Hall–Kier alpha value is -0.620.